The van der Waals surface area contributed by atoms with Crippen molar-refractivity contribution >= 4 is 34.5 Å². The molecule has 1 aliphatic rings. The lowest BCUT2D eigenvalue weighted by atomic mass is 9.81. The van der Waals surface area contributed by atoms with E-state index >= 15 is 0 Å². The molecule has 3 aromatic heterocycles. The lowest BCUT2D eigenvalue weighted by Gasteiger charge is -2.29. The molecule has 0 saturated heterocycles. The van der Waals surface area contributed by atoms with Crippen LogP contribution in [0.1, 0.15) is 50.5 Å². The molecule has 1 unspecified atom stereocenters. The highest BCUT2D eigenvalue weighted by molar-refractivity contribution is 8.00. The first-order valence-electron chi connectivity index (χ1n) is 13.8. The van der Waals surface area contributed by atoms with Crippen LogP contribution in [0.25, 0.3) is 10.9 Å². The number of amides is 2. The van der Waals surface area contributed by atoms with Gasteiger partial charge in [0.15, 0.2) is 5.16 Å². The standard InChI is InChI=1S/C30H34N4O5S/c1-2-26(28(36)32-18-23-8-6-16-39-23)40-30-33-25-10-4-3-9-24(25)29(37)34(30)19-20-11-13-21(14-12-20)27(35)31-17-22-7-5-15-38-22/h3-10,15-16,20-21,26H,2,11-14,17-19H2,1H3,(H,31,35)(H,32,36). The van der Waals surface area contributed by atoms with Crippen molar-refractivity contribution in [2.75, 3.05) is 0 Å². The maximum Gasteiger partial charge on any atom is 0.262 e. The zero-order chi connectivity index (χ0) is 27.9. The van der Waals surface area contributed by atoms with E-state index in [-0.39, 0.29) is 29.2 Å². The average molecular weight is 563 g/mol. The van der Waals surface area contributed by atoms with Gasteiger partial charge in [-0.15, -0.1) is 0 Å². The largest absolute Gasteiger partial charge is 0.467 e. The van der Waals surface area contributed by atoms with E-state index in [9.17, 15) is 14.4 Å². The van der Waals surface area contributed by atoms with Crippen molar-refractivity contribution < 1.29 is 18.4 Å². The molecule has 1 atom stereocenters. The molecule has 0 radical (unpaired) electrons. The van der Waals surface area contributed by atoms with Gasteiger partial charge < -0.3 is 19.5 Å². The van der Waals surface area contributed by atoms with E-state index in [0.29, 0.717) is 47.9 Å². The summed E-state index contributed by atoms with van der Waals surface area (Å²) in [6.45, 7) is 3.15. The third kappa shape index (κ3) is 6.67. The van der Waals surface area contributed by atoms with Gasteiger partial charge in [-0.25, -0.2) is 4.98 Å². The number of fused-ring (bicyclic) bond motifs is 1. The van der Waals surface area contributed by atoms with E-state index in [2.05, 4.69) is 10.6 Å². The van der Waals surface area contributed by atoms with Crippen molar-refractivity contribution in [1.29, 1.82) is 0 Å². The number of hydrogen-bond donors (Lipinski definition) is 2. The predicted molar refractivity (Wildman–Crippen MR) is 152 cm³/mol. The van der Waals surface area contributed by atoms with Crippen LogP contribution in [0.15, 0.2) is 79.8 Å². The Kier molecular flexibility index (Phi) is 9.05. The Bertz CT molecular complexity index is 1470. The summed E-state index contributed by atoms with van der Waals surface area (Å²) < 4.78 is 12.4. The third-order valence-corrected chi connectivity index (χ3v) is 8.78. The summed E-state index contributed by atoms with van der Waals surface area (Å²) in [6.07, 6.45) is 6.95. The number of carbonyl (C=O) groups excluding carboxylic acids is 2. The molecule has 10 heteroatoms. The maximum absolute atomic E-state index is 13.6. The fourth-order valence-electron chi connectivity index (χ4n) is 5.15. The van der Waals surface area contributed by atoms with Gasteiger partial charge in [-0.1, -0.05) is 30.8 Å². The molecule has 1 saturated carbocycles. The lowest BCUT2D eigenvalue weighted by Crippen LogP contribution is -2.35. The maximum atomic E-state index is 13.6. The Balaban J connectivity index is 1.27. The minimum absolute atomic E-state index is 0.0435. The number of benzene rings is 1. The summed E-state index contributed by atoms with van der Waals surface area (Å²) in [5.74, 6) is 1.52. The smallest absolute Gasteiger partial charge is 0.262 e. The highest BCUT2D eigenvalue weighted by Gasteiger charge is 2.28. The van der Waals surface area contributed by atoms with Crippen molar-refractivity contribution in [3.8, 4) is 0 Å². The van der Waals surface area contributed by atoms with Crippen LogP contribution in [0.4, 0.5) is 0 Å². The zero-order valence-corrected chi connectivity index (χ0v) is 23.3. The molecule has 1 fully saturated rings. The number of nitrogens with zero attached hydrogens (tertiary/aromatic N) is 2. The molecule has 0 bridgehead atoms. The van der Waals surface area contributed by atoms with Crippen LogP contribution in [0.3, 0.4) is 0 Å². The zero-order valence-electron chi connectivity index (χ0n) is 22.5. The van der Waals surface area contributed by atoms with E-state index in [1.165, 1.54) is 11.8 Å². The Morgan fingerprint density at radius 2 is 1.65 bits per heavy atom. The second-order valence-corrected chi connectivity index (χ2v) is 11.3. The Morgan fingerprint density at radius 3 is 2.30 bits per heavy atom. The van der Waals surface area contributed by atoms with Crippen LogP contribution in [0, 0.1) is 11.8 Å². The monoisotopic (exact) mass is 562 g/mol. The molecular weight excluding hydrogens is 528 g/mol. The number of hydrogen-bond acceptors (Lipinski definition) is 7. The molecule has 9 nitrogen and oxygen atoms in total. The average Bonchev–Trinajstić information content (AvgIpc) is 3.70. The first-order chi connectivity index (χ1) is 19.5. The summed E-state index contributed by atoms with van der Waals surface area (Å²) in [7, 11) is 0. The normalized spacial score (nSPS) is 17.9. The van der Waals surface area contributed by atoms with Crippen LogP contribution in [0.5, 0.6) is 0 Å². The van der Waals surface area contributed by atoms with Gasteiger partial charge in [-0.05, 0) is 74.4 Å². The Labute approximate surface area is 236 Å². The molecule has 2 N–H and O–H groups in total. The highest BCUT2D eigenvalue weighted by Crippen LogP contribution is 2.32. The van der Waals surface area contributed by atoms with Gasteiger partial charge in [0.05, 0.1) is 41.8 Å². The molecule has 4 aromatic rings. The third-order valence-electron chi connectivity index (χ3n) is 7.43. The van der Waals surface area contributed by atoms with Crippen LogP contribution >= 0.6 is 11.8 Å². The second kappa shape index (κ2) is 13.0. The number of nitrogens with one attached hydrogen (secondary N) is 2. The topological polar surface area (TPSA) is 119 Å². The van der Waals surface area contributed by atoms with E-state index < -0.39 is 5.25 Å². The SMILES string of the molecule is CCC(Sc1nc2ccccc2c(=O)n1CC1CCC(C(=O)NCc2ccco2)CC1)C(=O)NCc1ccco1. The van der Waals surface area contributed by atoms with E-state index in [4.69, 9.17) is 13.8 Å². The highest BCUT2D eigenvalue weighted by atomic mass is 32.2. The van der Waals surface area contributed by atoms with Gasteiger partial charge in [0.25, 0.3) is 5.56 Å². The van der Waals surface area contributed by atoms with Gasteiger partial charge in [0, 0.05) is 12.5 Å². The van der Waals surface area contributed by atoms with Crippen molar-refractivity contribution in [3.63, 3.8) is 0 Å². The molecule has 2 amide bonds. The van der Waals surface area contributed by atoms with E-state index in [1.54, 1.807) is 35.3 Å². The van der Waals surface area contributed by atoms with Gasteiger partial charge in [0.1, 0.15) is 11.5 Å². The van der Waals surface area contributed by atoms with Crippen LogP contribution in [-0.2, 0) is 29.2 Å². The molecule has 1 aliphatic carbocycles. The molecule has 5 rings (SSSR count). The Morgan fingerprint density at radius 1 is 0.975 bits per heavy atom. The fraction of sp³-hybridized carbons (Fsp3) is 0.400. The molecule has 3 heterocycles. The van der Waals surface area contributed by atoms with E-state index in [1.807, 2.05) is 37.3 Å². The minimum Gasteiger partial charge on any atom is -0.467 e. The number of furan rings is 2. The quantitative estimate of drug-likeness (QED) is 0.197. The van der Waals surface area contributed by atoms with Crippen LogP contribution in [0.2, 0.25) is 0 Å². The van der Waals surface area contributed by atoms with Gasteiger partial charge >= 0.3 is 0 Å². The number of thioether (sulfide) groups is 1. The predicted octanol–water partition coefficient (Wildman–Crippen LogP) is 4.89. The van der Waals surface area contributed by atoms with Crippen molar-refractivity contribution in [3.05, 3.63) is 82.9 Å². The molecule has 0 spiro atoms. The Hall–Kier alpha value is -3.79. The first-order valence-corrected chi connectivity index (χ1v) is 14.7. The van der Waals surface area contributed by atoms with Gasteiger partial charge in [-0.3, -0.25) is 19.0 Å². The fourth-order valence-corrected chi connectivity index (χ4v) is 6.19. The molecular formula is C30H34N4O5S. The summed E-state index contributed by atoms with van der Waals surface area (Å²) in [5, 5.41) is 6.59. The van der Waals surface area contributed by atoms with Crippen molar-refractivity contribution in [2.24, 2.45) is 11.8 Å². The summed E-state index contributed by atoms with van der Waals surface area (Å²) in [4.78, 5) is 44.2. The molecule has 1 aromatic carbocycles. The molecule has 0 aliphatic heterocycles. The molecule has 210 valence electrons. The van der Waals surface area contributed by atoms with Crippen molar-refractivity contribution in [2.45, 2.75) is 69.1 Å². The summed E-state index contributed by atoms with van der Waals surface area (Å²) >= 11 is 1.33. The summed E-state index contributed by atoms with van der Waals surface area (Å²) in [5.41, 5.74) is 0.520. The number of carbonyl (C=O) groups is 2. The number of para-hydroxylation sites is 1. The number of rotatable bonds is 11. The minimum atomic E-state index is -0.414. The number of aromatic nitrogens is 2. The van der Waals surface area contributed by atoms with Crippen LogP contribution in [-0.4, -0.2) is 26.6 Å². The van der Waals surface area contributed by atoms with E-state index in [0.717, 1.165) is 31.4 Å². The lowest BCUT2D eigenvalue weighted by molar-refractivity contribution is -0.126. The van der Waals surface area contributed by atoms with Gasteiger partial charge in [-0.2, -0.15) is 0 Å². The van der Waals surface area contributed by atoms with Crippen LogP contribution < -0.4 is 16.2 Å². The van der Waals surface area contributed by atoms with Gasteiger partial charge in [0.2, 0.25) is 11.8 Å². The summed E-state index contributed by atoms with van der Waals surface area (Å²) in [6, 6.07) is 14.6. The molecule has 40 heavy (non-hydrogen) atoms. The van der Waals surface area contributed by atoms with Crippen molar-refractivity contribution in [1.82, 2.24) is 20.2 Å². The first kappa shape index (κ1) is 27.8. The second-order valence-electron chi connectivity index (χ2n) is 10.2.